The molecule has 1 aromatic rings. The second-order valence-corrected chi connectivity index (χ2v) is 7.23. The maximum Gasteiger partial charge on any atom is 0.152 e. The SMILES string of the molecule is O=S1(=O)CCC(Nc2cccc(I)c2)C1. The van der Waals surface area contributed by atoms with E-state index in [0.29, 0.717) is 12.2 Å². The van der Waals surface area contributed by atoms with Crippen molar-refractivity contribution in [2.75, 3.05) is 16.8 Å². The summed E-state index contributed by atoms with van der Waals surface area (Å²) in [5.41, 5.74) is 1.00. The van der Waals surface area contributed by atoms with Crippen LogP contribution in [-0.2, 0) is 9.84 Å². The van der Waals surface area contributed by atoms with Gasteiger partial charge in [-0.05, 0) is 47.2 Å². The van der Waals surface area contributed by atoms with Crippen molar-refractivity contribution in [3.8, 4) is 0 Å². The normalized spacial score (nSPS) is 23.9. The van der Waals surface area contributed by atoms with Gasteiger partial charge in [0, 0.05) is 15.3 Å². The lowest BCUT2D eigenvalue weighted by molar-refractivity contribution is 0.602. The van der Waals surface area contributed by atoms with Crippen molar-refractivity contribution in [2.45, 2.75) is 12.5 Å². The van der Waals surface area contributed by atoms with Crippen LogP contribution < -0.4 is 5.32 Å². The van der Waals surface area contributed by atoms with Crippen LogP contribution in [0.2, 0.25) is 0 Å². The minimum absolute atomic E-state index is 0.0770. The van der Waals surface area contributed by atoms with Crippen LogP contribution in [0.3, 0.4) is 0 Å². The molecule has 15 heavy (non-hydrogen) atoms. The number of sulfone groups is 1. The molecule has 0 aliphatic carbocycles. The molecule has 0 amide bonds. The molecule has 1 saturated heterocycles. The summed E-state index contributed by atoms with van der Waals surface area (Å²) in [5, 5.41) is 3.25. The molecule has 5 heteroatoms. The zero-order valence-corrected chi connectivity index (χ0v) is 11.1. The second kappa shape index (κ2) is 4.29. The minimum atomic E-state index is -2.79. The Morgan fingerprint density at radius 3 is 2.80 bits per heavy atom. The van der Waals surface area contributed by atoms with Gasteiger partial charge < -0.3 is 5.32 Å². The lowest BCUT2D eigenvalue weighted by Crippen LogP contribution is -2.20. The molecule has 2 rings (SSSR count). The Balaban J connectivity index is 2.05. The van der Waals surface area contributed by atoms with Gasteiger partial charge in [-0.1, -0.05) is 6.07 Å². The first-order chi connectivity index (χ1) is 7.05. The Morgan fingerprint density at radius 2 is 2.20 bits per heavy atom. The van der Waals surface area contributed by atoms with Gasteiger partial charge in [-0.3, -0.25) is 0 Å². The minimum Gasteiger partial charge on any atom is -0.381 e. The summed E-state index contributed by atoms with van der Waals surface area (Å²) in [6.45, 7) is 0. The monoisotopic (exact) mass is 337 g/mol. The first-order valence-electron chi connectivity index (χ1n) is 4.78. The summed E-state index contributed by atoms with van der Waals surface area (Å²) in [5.74, 6) is 0.576. The fourth-order valence-electron chi connectivity index (χ4n) is 1.72. The highest BCUT2D eigenvalue weighted by molar-refractivity contribution is 14.1. The van der Waals surface area contributed by atoms with E-state index in [1.165, 1.54) is 0 Å². The van der Waals surface area contributed by atoms with Gasteiger partial charge in [0.1, 0.15) is 0 Å². The Morgan fingerprint density at radius 1 is 1.40 bits per heavy atom. The molecule has 3 nitrogen and oxygen atoms in total. The van der Waals surface area contributed by atoms with E-state index in [2.05, 4.69) is 27.9 Å². The predicted molar refractivity (Wildman–Crippen MR) is 69.8 cm³/mol. The van der Waals surface area contributed by atoms with Crippen LogP contribution >= 0.6 is 22.6 Å². The van der Waals surface area contributed by atoms with Gasteiger partial charge in [0.15, 0.2) is 9.84 Å². The van der Waals surface area contributed by atoms with E-state index in [4.69, 9.17) is 0 Å². The second-order valence-electron chi connectivity index (χ2n) is 3.75. The van der Waals surface area contributed by atoms with Gasteiger partial charge in [0.05, 0.1) is 11.5 Å². The van der Waals surface area contributed by atoms with Gasteiger partial charge in [-0.2, -0.15) is 0 Å². The maximum atomic E-state index is 11.3. The Labute approximate surface area is 103 Å². The number of hydrogen-bond acceptors (Lipinski definition) is 3. The van der Waals surface area contributed by atoms with Crippen LogP contribution in [0.4, 0.5) is 5.69 Å². The van der Waals surface area contributed by atoms with Crippen LogP contribution in [-0.4, -0.2) is 26.0 Å². The number of benzene rings is 1. The number of anilines is 1. The third kappa shape index (κ3) is 3.07. The molecule has 0 aromatic heterocycles. The van der Waals surface area contributed by atoms with Crippen LogP contribution in [0.5, 0.6) is 0 Å². The molecule has 1 fully saturated rings. The molecule has 1 aromatic carbocycles. The maximum absolute atomic E-state index is 11.3. The molecule has 0 radical (unpaired) electrons. The number of rotatable bonds is 2. The zero-order valence-electron chi connectivity index (χ0n) is 8.11. The standard InChI is InChI=1S/C10H12INO2S/c11-8-2-1-3-9(6-8)12-10-4-5-15(13,14)7-10/h1-3,6,10,12H,4-5,7H2. The molecule has 0 bridgehead atoms. The van der Waals surface area contributed by atoms with E-state index in [0.717, 1.165) is 9.26 Å². The van der Waals surface area contributed by atoms with Crippen molar-refractivity contribution in [2.24, 2.45) is 0 Å². The van der Waals surface area contributed by atoms with Crippen LogP contribution in [0.15, 0.2) is 24.3 Å². The molecule has 1 heterocycles. The van der Waals surface area contributed by atoms with Crippen molar-refractivity contribution in [3.05, 3.63) is 27.8 Å². The predicted octanol–water partition coefficient (Wildman–Crippen LogP) is 1.89. The highest BCUT2D eigenvalue weighted by Crippen LogP contribution is 2.18. The fraction of sp³-hybridized carbons (Fsp3) is 0.400. The van der Waals surface area contributed by atoms with Crippen molar-refractivity contribution in [3.63, 3.8) is 0 Å². The highest BCUT2D eigenvalue weighted by atomic mass is 127. The third-order valence-electron chi connectivity index (χ3n) is 2.43. The van der Waals surface area contributed by atoms with Gasteiger partial charge in [0.25, 0.3) is 0 Å². The summed E-state index contributed by atoms with van der Waals surface area (Å²) in [4.78, 5) is 0. The van der Waals surface area contributed by atoms with E-state index in [9.17, 15) is 8.42 Å². The van der Waals surface area contributed by atoms with Gasteiger partial charge in [-0.15, -0.1) is 0 Å². The van der Waals surface area contributed by atoms with E-state index < -0.39 is 9.84 Å². The average molecular weight is 337 g/mol. The van der Waals surface area contributed by atoms with Crippen molar-refractivity contribution in [1.82, 2.24) is 0 Å². The molecule has 82 valence electrons. The van der Waals surface area contributed by atoms with E-state index in [1.807, 2.05) is 24.3 Å². The van der Waals surface area contributed by atoms with Crippen molar-refractivity contribution >= 4 is 38.1 Å². The van der Waals surface area contributed by atoms with E-state index >= 15 is 0 Å². The molecular formula is C10H12INO2S. The largest absolute Gasteiger partial charge is 0.381 e. The molecular weight excluding hydrogens is 325 g/mol. The molecule has 1 atom stereocenters. The van der Waals surface area contributed by atoms with E-state index in [1.54, 1.807) is 0 Å². The summed E-state index contributed by atoms with van der Waals surface area (Å²) < 4.78 is 23.7. The molecule has 1 aliphatic rings. The Hall–Kier alpha value is -0.300. The summed E-state index contributed by atoms with van der Waals surface area (Å²) >= 11 is 2.24. The van der Waals surface area contributed by atoms with Crippen LogP contribution in [0, 0.1) is 3.57 Å². The van der Waals surface area contributed by atoms with Crippen molar-refractivity contribution < 1.29 is 8.42 Å². The quantitative estimate of drug-likeness (QED) is 0.839. The van der Waals surface area contributed by atoms with Gasteiger partial charge >= 0.3 is 0 Å². The summed E-state index contributed by atoms with van der Waals surface area (Å²) in [6, 6.07) is 8.04. The average Bonchev–Trinajstić information content (AvgIpc) is 2.45. The van der Waals surface area contributed by atoms with Gasteiger partial charge in [0.2, 0.25) is 0 Å². The number of halogens is 1. The zero-order chi connectivity index (χ0) is 10.9. The lowest BCUT2D eigenvalue weighted by Gasteiger charge is -2.12. The van der Waals surface area contributed by atoms with Crippen LogP contribution in [0.1, 0.15) is 6.42 Å². The number of hydrogen-bond donors (Lipinski definition) is 1. The van der Waals surface area contributed by atoms with Gasteiger partial charge in [-0.25, -0.2) is 8.42 Å². The van der Waals surface area contributed by atoms with Crippen LogP contribution in [0.25, 0.3) is 0 Å². The third-order valence-corrected chi connectivity index (χ3v) is 4.87. The first kappa shape index (κ1) is 11.2. The molecule has 0 saturated carbocycles. The molecule has 1 aliphatic heterocycles. The molecule has 1 N–H and O–H groups in total. The summed E-state index contributed by atoms with van der Waals surface area (Å²) in [7, 11) is -2.79. The smallest absolute Gasteiger partial charge is 0.152 e. The molecule has 1 unspecified atom stereocenters. The highest BCUT2D eigenvalue weighted by Gasteiger charge is 2.27. The van der Waals surface area contributed by atoms with E-state index in [-0.39, 0.29) is 11.8 Å². The van der Waals surface area contributed by atoms with Crippen molar-refractivity contribution in [1.29, 1.82) is 0 Å². The molecule has 0 spiro atoms. The fourth-order valence-corrected chi connectivity index (χ4v) is 3.94. The lowest BCUT2D eigenvalue weighted by atomic mass is 10.2. The Kier molecular flexibility index (Phi) is 3.20. The summed E-state index contributed by atoms with van der Waals surface area (Å²) in [6.07, 6.45) is 0.716. The number of nitrogens with one attached hydrogen (secondary N) is 1. The topological polar surface area (TPSA) is 46.2 Å². The Bertz CT molecular complexity index is 458. The first-order valence-corrected chi connectivity index (χ1v) is 7.68.